The van der Waals surface area contributed by atoms with Gasteiger partial charge in [0, 0.05) is 26.2 Å². The SMILES string of the molecule is O=S(=O)(c1ccc(C(F)(F)F)cc1)N1CCN(c2ccc(OC(F)F)cn2)CC1. The monoisotopic (exact) mass is 437 g/mol. The first kappa shape index (κ1) is 21.2. The molecule has 0 aliphatic carbocycles. The summed E-state index contributed by atoms with van der Waals surface area (Å²) in [6.45, 7) is -2.20. The van der Waals surface area contributed by atoms with Gasteiger partial charge >= 0.3 is 12.8 Å². The zero-order chi connectivity index (χ0) is 21.2. The van der Waals surface area contributed by atoms with Gasteiger partial charge < -0.3 is 9.64 Å². The third-order valence-corrected chi connectivity index (χ3v) is 6.24. The summed E-state index contributed by atoms with van der Waals surface area (Å²) in [6, 6.07) is 6.16. The van der Waals surface area contributed by atoms with E-state index in [1.165, 1.54) is 16.4 Å². The Kier molecular flexibility index (Phi) is 5.94. The minimum atomic E-state index is -4.54. The number of rotatable bonds is 5. The summed E-state index contributed by atoms with van der Waals surface area (Å²) in [5.41, 5.74) is -0.924. The number of alkyl halides is 5. The van der Waals surface area contributed by atoms with Crippen molar-refractivity contribution in [1.29, 1.82) is 0 Å². The highest BCUT2D eigenvalue weighted by Crippen LogP contribution is 2.30. The second-order valence-corrected chi connectivity index (χ2v) is 8.08. The van der Waals surface area contributed by atoms with Crippen LogP contribution in [0.1, 0.15) is 5.56 Å². The molecule has 1 fully saturated rings. The van der Waals surface area contributed by atoms with Crippen molar-refractivity contribution in [3.63, 3.8) is 0 Å². The molecule has 0 radical (unpaired) electrons. The van der Waals surface area contributed by atoms with Crippen molar-refractivity contribution in [1.82, 2.24) is 9.29 Å². The summed E-state index contributed by atoms with van der Waals surface area (Å²) < 4.78 is 93.0. The second-order valence-electron chi connectivity index (χ2n) is 6.14. The molecule has 1 aromatic carbocycles. The van der Waals surface area contributed by atoms with E-state index in [9.17, 15) is 30.4 Å². The van der Waals surface area contributed by atoms with Crippen LogP contribution >= 0.6 is 0 Å². The highest BCUT2D eigenvalue weighted by atomic mass is 32.2. The Morgan fingerprint density at radius 3 is 2.07 bits per heavy atom. The lowest BCUT2D eigenvalue weighted by Gasteiger charge is -2.34. The maximum atomic E-state index is 12.7. The van der Waals surface area contributed by atoms with Crippen LogP contribution in [0.25, 0.3) is 0 Å². The van der Waals surface area contributed by atoms with Gasteiger partial charge in [0.1, 0.15) is 11.6 Å². The standard InChI is InChI=1S/C17H16F5N3O3S/c18-16(19)28-13-3-6-15(23-11-13)24-7-9-25(10-8-24)29(26,27)14-4-1-12(2-5-14)17(20,21)22/h1-6,11,16H,7-10H2. The van der Waals surface area contributed by atoms with Gasteiger partial charge in [-0.3, -0.25) is 0 Å². The van der Waals surface area contributed by atoms with Crippen LogP contribution < -0.4 is 9.64 Å². The fourth-order valence-corrected chi connectivity index (χ4v) is 4.28. The molecule has 6 nitrogen and oxygen atoms in total. The van der Waals surface area contributed by atoms with Crippen LogP contribution in [-0.4, -0.2) is 50.5 Å². The predicted molar refractivity (Wildman–Crippen MR) is 93.3 cm³/mol. The van der Waals surface area contributed by atoms with Gasteiger partial charge in [0.05, 0.1) is 16.7 Å². The van der Waals surface area contributed by atoms with E-state index in [1.807, 2.05) is 0 Å². The Morgan fingerprint density at radius 1 is 0.966 bits per heavy atom. The molecule has 0 amide bonds. The molecular formula is C17H16F5N3O3S. The van der Waals surface area contributed by atoms with Crippen LogP contribution in [0.15, 0.2) is 47.5 Å². The van der Waals surface area contributed by atoms with E-state index in [2.05, 4.69) is 9.72 Å². The van der Waals surface area contributed by atoms with Gasteiger partial charge in [0.2, 0.25) is 10.0 Å². The van der Waals surface area contributed by atoms with Crippen molar-refractivity contribution < 1.29 is 35.1 Å². The van der Waals surface area contributed by atoms with E-state index >= 15 is 0 Å². The third-order valence-electron chi connectivity index (χ3n) is 4.33. The smallest absolute Gasteiger partial charge is 0.416 e. The number of aromatic nitrogens is 1. The van der Waals surface area contributed by atoms with Gasteiger partial charge in [-0.2, -0.15) is 26.3 Å². The molecule has 1 saturated heterocycles. The van der Waals surface area contributed by atoms with E-state index in [4.69, 9.17) is 0 Å². The van der Waals surface area contributed by atoms with Gasteiger partial charge in [-0.05, 0) is 36.4 Å². The summed E-state index contributed by atoms with van der Waals surface area (Å²) in [5.74, 6) is 0.380. The molecule has 3 rings (SSSR count). The number of piperazine rings is 1. The van der Waals surface area contributed by atoms with Crippen LogP contribution in [0.4, 0.5) is 27.8 Å². The largest absolute Gasteiger partial charge is 0.433 e. The van der Waals surface area contributed by atoms with Gasteiger partial charge in [0.25, 0.3) is 0 Å². The first-order chi connectivity index (χ1) is 13.6. The lowest BCUT2D eigenvalue weighted by atomic mass is 10.2. The second kappa shape index (κ2) is 8.11. The molecule has 2 aromatic rings. The van der Waals surface area contributed by atoms with E-state index in [0.717, 1.165) is 30.5 Å². The number of halogens is 5. The Balaban J connectivity index is 1.65. The molecule has 29 heavy (non-hydrogen) atoms. The molecule has 158 valence electrons. The highest BCUT2D eigenvalue weighted by molar-refractivity contribution is 7.89. The normalized spacial score (nSPS) is 16.3. The fourth-order valence-electron chi connectivity index (χ4n) is 2.85. The van der Waals surface area contributed by atoms with Crippen LogP contribution in [-0.2, 0) is 16.2 Å². The molecular weight excluding hydrogens is 421 g/mol. The average molecular weight is 437 g/mol. The van der Waals surface area contributed by atoms with Gasteiger partial charge in [-0.1, -0.05) is 0 Å². The van der Waals surface area contributed by atoms with E-state index < -0.39 is 28.4 Å². The average Bonchev–Trinajstić information content (AvgIpc) is 2.68. The van der Waals surface area contributed by atoms with Gasteiger partial charge in [0.15, 0.2) is 0 Å². The Hall–Kier alpha value is -2.47. The van der Waals surface area contributed by atoms with Crippen LogP contribution in [0.3, 0.4) is 0 Å². The highest BCUT2D eigenvalue weighted by Gasteiger charge is 2.32. The fraction of sp³-hybridized carbons (Fsp3) is 0.353. The van der Waals surface area contributed by atoms with E-state index in [0.29, 0.717) is 5.82 Å². The minimum absolute atomic E-state index is 0.0905. The van der Waals surface area contributed by atoms with Crippen molar-refractivity contribution in [3.8, 4) is 5.75 Å². The first-order valence-electron chi connectivity index (χ1n) is 8.40. The molecule has 0 atom stereocenters. The lowest BCUT2D eigenvalue weighted by Crippen LogP contribution is -2.48. The maximum Gasteiger partial charge on any atom is 0.416 e. The van der Waals surface area contributed by atoms with Crippen LogP contribution in [0.5, 0.6) is 5.75 Å². The number of hydrogen-bond acceptors (Lipinski definition) is 5. The van der Waals surface area contributed by atoms with Crippen molar-refractivity contribution in [2.45, 2.75) is 17.7 Å². The van der Waals surface area contributed by atoms with E-state index in [-0.39, 0.29) is 36.8 Å². The van der Waals surface area contributed by atoms with Gasteiger partial charge in [-0.25, -0.2) is 13.4 Å². The van der Waals surface area contributed by atoms with Crippen molar-refractivity contribution in [2.75, 3.05) is 31.1 Å². The molecule has 0 unspecified atom stereocenters. The first-order valence-corrected chi connectivity index (χ1v) is 9.84. The van der Waals surface area contributed by atoms with Crippen LogP contribution in [0.2, 0.25) is 0 Å². The number of benzene rings is 1. The summed E-state index contributed by atoms with van der Waals surface area (Å²) in [4.78, 5) is 5.58. The number of anilines is 1. The molecule has 0 spiro atoms. The topological polar surface area (TPSA) is 62.7 Å². The summed E-state index contributed by atoms with van der Waals surface area (Å²) >= 11 is 0. The molecule has 0 N–H and O–H groups in total. The number of nitrogens with zero attached hydrogens (tertiary/aromatic N) is 3. The molecule has 12 heteroatoms. The quantitative estimate of drug-likeness (QED) is 0.673. The predicted octanol–water partition coefficient (Wildman–Crippen LogP) is 3.21. The minimum Gasteiger partial charge on any atom is -0.433 e. The zero-order valence-corrected chi connectivity index (χ0v) is 15.6. The number of sulfonamides is 1. The zero-order valence-electron chi connectivity index (χ0n) is 14.8. The van der Waals surface area contributed by atoms with Crippen molar-refractivity contribution in [2.24, 2.45) is 0 Å². The number of hydrogen-bond donors (Lipinski definition) is 0. The lowest BCUT2D eigenvalue weighted by molar-refractivity contribution is -0.137. The number of pyridine rings is 1. The van der Waals surface area contributed by atoms with Crippen molar-refractivity contribution in [3.05, 3.63) is 48.2 Å². The van der Waals surface area contributed by atoms with Crippen LogP contribution in [0, 0.1) is 0 Å². The Labute approximate surface area is 163 Å². The molecule has 1 aliphatic heterocycles. The van der Waals surface area contributed by atoms with Gasteiger partial charge in [-0.15, -0.1) is 0 Å². The summed E-state index contributed by atoms with van der Waals surface area (Å²) in [6.07, 6.45) is -3.40. The number of ether oxygens (including phenoxy) is 1. The van der Waals surface area contributed by atoms with E-state index in [1.54, 1.807) is 4.90 Å². The molecule has 1 aliphatic rings. The Bertz CT molecular complexity index is 926. The molecule has 0 saturated carbocycles. The molecule has 0 bridgehead atoms. The summed E-state index contributed by atoms with van der Waals surface area (Å²) in [5, 5.41) is 0. The molecule has 1 aromatic heterocycles. The maximum absolute atomic E-state index is 12.7. The van der Waals surface area contributed by atoms with Crippen molar-refractivity contribution >= 4 is 15.8 Å². The third kappa shape index (κ3) is 4.93. The molecule has 2 heterocycles. The Morgan fingerprint density at radius 2 is 1.59 bits per heavy atom. The summed E-state index contributed by atoms with van der Waals surface area (Å²) in [7, 11) is -3.93.